The fourth-order valence-electron chi connectivity index (χ4n) is 9.30. The van der Waals surface area contributed by atoms with Crippen molar-refractivity contribution in [1.29, 1.82) is 0 Å². The van der Waals surface area contributed by atoms with Crippen molar-refractivity contribution in [3.8, 4) is 0 Å². The molecule has 1 atom stereocenters. The summed E-state index contributed by atoms with van der Waals surface area (Å²) < 4.78 is 16.9. The van der Waals surface area contributed by atoms with Gasteiger partial charge in [-0.25, -0.2) is 0 Å². The van der Waals surface area contributed by atoms with Gasteiger partial charge in [0.1, 0.15) is 13.2 Å². The first-order valence-corrected chi connectivity index (χ1v) is 30.8. The van der Waals surface area contributed by atoms with Crippen molar-refractivity contribution in [2.24, 2.45) is 0 Å². The first-order chi connectivity index (χ1) is 34.0. The molecule has 1 unspecified atom stereocenters. The van der Waals surface area contributed by atoms with Crippen LogP contribution in [-0.2, 0) is 28.6 Å². The Morgan fingerprint density at radius 3 is 0.826 bits per heavy atom. The monoisotopic (exact) mass is 971 g/mol. The summed E-state index contributed by atoms with van der Waals surface area (Å²) in [6, 6.07) is 0. The minimum absolute atomic E-state index is 0.0712. The Kier molecular flexibility index (Phi) is 56.7. The van der Waals surface area contributed by atoms with E-state index >= 15 is 0 Å². The molecule has 0 rings (SSSR count). The third-order valence-corrected chi connectivity index (χ3v) is 14.0. The Labute approximate surface area is 430 Å². The quantitative estimate of drug-likeness (QED) is 0.0261. The smallest absolute Gasteiger partial charge is 0.306 e. The molecule has 6 nitrogen and oxygen atoms in total. The van der Waals surface area contributed by atoms with E-state index in [1.165, 1.54) is 225 Å². The van der Waals surface area contributed by atoms with Gasteiger partial charge in [0.15, 0.2) is 6.10 Å². The molecule has 0 saturated heterocycles. The molecule has 0 heterocycles. The highest BCUT2D eigenvalue weighted by Gasteiger charge is 2.19. The minimum Gasteiger partial charge on any atom is -0.462 e. The molecule has 0 fully saturated rings. The van der Waals surface area contributed by atoms with Crippen molar-refractivity contribution in [2.75, 3.05) is 13.2 Å². The summed E-state index contributed by atoms with van der Waals surface area (Å²) in [7, 11) is 0. The molecule has 0 amide bonds. The van der Waals surface area contributed by atoms with Gasteiger partial charge in [0.05, 0.1) is 0 Å². The van der Waals surface area contributed by atoms with E-state index in [2.05, 4.69) is 45.1 Å². The number of carbonyl (C=O) groups excluding carboxylic acids is 3. The third-order valence-electron chi connectivity index (χ3n) is 14.0. The van der Waals surface area contributed by atoms with Crippen molar-refractivity contribution in [1.82, 2.24) is 0 Å². The van der Waals surface area contributed by atoms with Gasteiger partial charge in [-0.1, -0.05) is 295 Å². The summed E-state index contributed by atoms with van der Waals surface area (Å²) in [5.41, 5.74) is 0. The first-order valence-electron chi connectivity index (χ1n) is 30.8. The molecule has 0 bridgehead atoms. The number of allylic oxidation sites excluding steroid dienone is 4. The summed E-state index contributed by atoms with van der Waals surface area (Å²) in [5, 5.41) is 0. The predicted molar refractivity (Wildman–Crippen MR) is 298 cm³/mol. The average Bonchev–Trinajstić information content (AvgIpc) is 3.35. The van der Waals surface area contributed by atoms with Gasteiger partial charge in [-0.05, 0) is 51.4 Å². The molecule has 69 heavy (non-hydrogen) atoms. The molecule has 0 radical (unpaired) electrons. The highest BCUT2D eigenvalue weighted by atomic mass is 16.6. The minimum atomic E-state index is -0.774. The number of unbranched alkanes of at least 4 members (excludes halogenated alkanes) is 42. The Morgan fingerprint density at radius 1 is 0.290 bits per heavy atom. The molecule has 0 aliphatic carbocycles. The summed E-state index contributed by atoms with van der Waals surface area (Å²) >= 11 is 0. The molecule has 0 aromatic carbocycles. The SMILES string of the molecule is CCCCC/C=C\C/C=C\CCCCCCCC(=O)OC(COC(=O)CCCCCCCCCCCCCCCC)COC(=O)CCCCCCCCCCCCCCCCCCCCCCCC. The second kappa shape index (κ2) is 58.5. The van der Waals surface area contributed by atoms with Crippen molar-refractivity contribution in [3.05, 3.63) is 24.3 Å². The van der Waals surface area contributed by atoms with Crippen LogP contribution in [0.2, 0.25) is 0 Å². The molecule has 6 heteroatoms. The molecule has 0 aromatic heterocycles. The summed E-state index contributed by atoms with van der Waals surface area (Å²) in [5.74, 6) is -0.860. The fraction of sp³-hybridized carbons (Fsp3) is 0.889. The second-order valence-corrected chi connectivity index (χ2v) is 21.0. The lowest BCUT2D eigenvalue weighted by Gasteiger charge is -2.18. The molecule has 0 aliphatic rings. The largest absolute Gasteiger partial charge is 0.462 e. The van der Waals surface area contributed by atoms with E-state index in [1.54, 1.807) is 0 Å². The van der Waals surface area contributed by atoms with Crippen molar-refractivity contribution in [2.45, 2.75) is 348 Å². The normalized spacial score (nSPS) is 12.1. The van der Waals surface area contributed by atoms with E-state index in [4.69, 9.17) is 14.2 Å². The molecule has 406 valence electrons. The number of hydrogen-bond donors (Lipinski definition) is 0. The Morgan fingerprint density at radius 2 is 0.522 bits per heavy atom. The van der Waals surface area contributed by atoms with Gasteiger partial charge in [-0.2, -0.15) is 0 Å². The van der Waals surface area contributed by atoms with Gasteiger partial charge >= 0.3 is 17.9 Å². The van der Waals surface area contributed by atoms with E-state index in [9.17, 15) is 14.4 Å². The molecule has 0 N–H and O–H groups in total. The zero-order chi connectivity index (χ0) is 50.0. The number of esters is 3. The van der Waals surface area contributed by atoms with E-state index in [-0.39, 0.29) is 31.1 Å². The average molecular weight is 972 g/mol. The van der Waals surface area contributed by atoms with Crippen LogP contribution < -0.4 is 0 Å². The van der Waals surface area contributed by atoms with Gasteiger partial charge in [0, 0.05) is 19.3 Å². The van der Waals surface area contributed by atoms with Crippen LogP contribution in [0, 0.1) is 0 Å². The van der Waals surface area contributed by atoms with Crippen LogP contribution in [0.1, 0.15) is 342 Å². The van der Waals surface area contributed by atoms with Crippen LogP contribution in [0.4, 0.5) is 0 Å². The van der Waals surface area contributed by atoms with Crippen molar-refractivity contribution < 1.29 is 28.6 Å². The lowest BCUT2D eigenvalue weighted by Crippen LogP contribution is -2.30. The fourth-order valence-corrected chi connectivity index (χ4v) is 9.30. The van der Waals surface area contributed by atoms with Crippen LogP contribution in [0.25, 0.3) is 0 Å². The number of ether oxygens (including phenoxy) is 3. The zero-order valence-electron chi connectivity index (χ0n) is 46.6. The van der Waals surface area contributed by atoms with Gasteiger partial charge in [-0.15, -0.1) is 0 Å². The number of hydrogen-bond acceptors (Lipinski definition) is 6. The van der Waals surface area contributed by atoms with E-state index < -0.39 is 6.10 Å². The predicted octanol–water partition coefficient (Wildman–Crippen LogP) is 20.7. The topological polar surface area (TPSA) is 78.9 Å². The molecule has 0 saturated carbocycles. The lowest BCUT2D eigenvalue weighted by molar-refractivity contribution is -0.167. The Hall–Kier alpha value is -2.11. The van der Waals surface area contributed by atoms with Gasteiger partial charge in [0.25, 0.3) is 0 Å². The molecular formula is C63H118O6. The van der Waals surface area contributed by atoms with Crippen molar-refractivity contribution in [3.63, 3.8) is 0 Å². The number of rotatable bonds is 57. The summed E-state index contributed by atoms with van der Waals surface area (Å²) in [6.07, 6.45) is 68.9. The maximum atomic E-state index is 12.9. The third kappa shape index (κ3) is 56.7. The zero-order valence-corrected chi connectivity index (χ0v) is 46.6. The highest BCUT2D eigenvalue weighted by Crippen LogP contribution is 2.18. The molecule has 0 spiro atoms. The standard InChI is InChI=1S/C63H118O6/c1-4-7-10-13-16-19-22-25-28-29-30-31-32-33-34-36-38-41-44-47-50-53-56-62(65)68-59-60(58-67-61(64)55-52-49-46-43-40-37-27-24-21-18-15-12-9-6-3)69-63(66)57-54-51-48-45-42-39-35-26-23-20-17-14-11-8-5-2/h17,20,26,35,60H,4-16,18-19,21-25,27-34,36-59H2,1-3H3/b20-17-,35-26-. The van der Waals surface area contributed by atoms with Crippen molar-refractivity contribution >= 4 is 17.9 Å². The van der Waals surface area contributed by atoms with Crippen LogP contribution >= 0.6 is 0 Å². The Bertz CT molecular complexity index is 1110. The Balaban J connectivity index is 4.27. The summed E-state index contributed by atoms with van der Waals surface area (Å²) in [4.78, 5) is 38.2. The van der Waals surface area contributed by atoms with Crippen LogP contribution in [-0.4, -0.2) is 37.2 Å². The van der Waals surface area contributed by atoms with Gasteiger partial charge < -0.3 is 14.2 Å². The highest BCUT2D eigenvalue weighted by molar-refractivity contribution is 5.71. The number of carbonyl (C=O) groups is 3. The van der Waals surface area contributed by atoms with Crippen LogP contribution in [0.3, 0.4) is 0 Å². The van der Waals surface area contributed by atoms with Gasteiger partial charge in [-0.3, -0.25) is 14.4 Å². The van der Waals surface area contributed by atoms with E-state index in [0.717, 1.165) is 77.0 Å². The van der Waals surface area contributed by atoms with E-state index in [1.807, 2.05) is 0 Å². The maximum absolute atomic E-state index is 12.9. The first kappa shape index (κ1) is 66.9. The van der Waals surface area contributed by atoms with Crippen LogP contribution in [0.5, 0.6) is 0 Å². The molecular weight excluding hydrogens is 853 g/mol. The van der Waals surface area contributed by atoms with Crippen LogP contribution in [0.15, 0.2) is 24.3 Å². The molecule has 0 aromatic rings. The lowest BCUT2D eigenvalue weighted by atomic mass is 10.0. The summed E-state index contributed by atoms with van der Waals surface area (Å²) in [6.45, 7) is 6.66. The van der Waals surface area contributed by atoms with Gasteiger partial charge in [0.2, 0.25) is 0 Å². The second-order valence-electron chi connectivity index (χ2n) is 21.0. The van der Waals surface area contributed by atoms with E-state index in [0.29, 0.717) is 19.3 Å². The maximum Gasteiger partial charge on any atom is 0.306 e. The molecule has 0 aliphatic heterocycles.